The number of carbonyl (C=O) groups excluding carboxylic acids is 2. The highest BCUT2D eigenvalue weighted by Gasteiger charge is 2.34. The summed E-state index contributed by atoms with van der Waals surface area (Å²) in [4.78, 5) is 33.0. The Bertz CT molecular complexity index is 1120. The smallest absolute Gasteiger partial charge is 0.337 e. The third-order valence-corrected chi connectivity index (χ3v) is 5.12. The topological polar surface area (TPSA) is 134 Å². The maximum Gasteiger partial charge on any atom is 0.337 e. The van der Waals surface area contributed by atoms with E-state index in [1.165, 1.54) is 13.4 Å². The highest BCUT2D eigenvalue weighted by atomic mass is 16.6. The second-order valence-electron chi connectivity index (χ2n) is 7.47. The lowest BCUT2D eigenvalue weighted by Gasteiger charge is -2.21. The average molecular weight is 487 g/mol. The zero-order valence-electron chi connectivity index (χ0n) is 20.0. The zero-order chi connectivity index (χ0) is 25.2. The molecule has 2 aromatic heterocycles. The maximum absolute atomic E-state index is 12.4. The maximum atomic E-state index is 12.4. The predicted molar refractivity (Wildman–Crippen MR) is 125 cm³/mol. The van der Waals surface area contributed by atoms with E-state index < -0.39 is 24.1 Å². The van der Waals surface area contributed by atoms with Crippen LogP contribution in [0.25, 0.3) is 11.0 Å². The van der Waals surface area contributed by atoms with Gasteiger partial charge in [0, 0.05) is 18.3 Å². The van der Waals surface area contributed by atoms with Crippen molar-refractivity contribution in [2.24, 2.45) is 0 Å². The van der Waals surface area contributed by atoms with Gasteiger partial charge in [0.25, 0.3) is 0 Å². The van der Waals surface area contributed by atoms with Gasteiger partial charge in [-0.05, 0) is 19.4 Å². The molecule has 3 aromatic rings. The van der Waals surface area contributed by atoms with Crippen molar-refractivity contribution in [1.82, 2.24) is 19.9 Å². The van der Waals surface area contributed by atoms with E-state index >= 15 is 0 Å². The molecular weight excluding hydrogens is 456 g/mol. The molecular formula is C24H30N4O7. The predicted octanol–water partition coefficient (Wildman–Crippen LogP) is 1.56. The fourth-order valence-corrected chi connectivity index (χ4v) is 3.53. The number of hydrogen-bond acceptors (Lipinski definition) is 10. The first-order valence-corrected chi connectivity index (χ1v) is 11.2. The Kier molecular flexibility index (Phi) is 9.53. The second kappa shape index (κ2) is 12.8. The monoisotopic (exact) mass is 486 g/mol. The molecule has 1 aromatic carbocycles. The van der Waals surface area contributed by atoms with Crippen molar-refractivity contribution in [1.29, 1.82) is 0 Å². The van der Waals surface area contributed by atoms with Gasteiger partial charge in [-0.15, -0.1) is 0 Å². The molecule has 2 atom stereocenters. The van der Waals surface area contributed by atoms with Gasteiger partial charge in [0.2, 0.25) is 5.88 Å². The van der Waals surface area contributed by atoms with Crippen molar-refractivity contribution in [3.8, 4) is 5.88 Å². The van der Waals surface area contributed by atoms with Crippen LogP contribution in [0.5, 0.6) is 5.88 Å². The summed E-state index contributed by atoms with van der Waals surface area (Å²) in [6.07, 6.45) is 1.43. The van der Waals surface area contributed by atoms with Gasteiger partial charge in [-0.3, -0.25) is 10.1 Å². The van der Waals surface area contributed by atoms with Gasteiger partial charge in [-0.1, -0.05) is 30.3 Å². The van der Waals surface area contributed by atoms with Crippen molar-refractivity contribution >= 4 is 23.0 Å². The third kappa shape index (κ3) is 6.53. The number of ether oxygens (including phenoxy) is 4. The summed E-state index contributed by atoms with van der Waals surface area (Å²) >= 11 is 0. The van der Waals surface area contributed by atoms with Crippen LogP contribution in [0.4, 0.5) is 0 Å². The molecule has 2 heterocycles. The molecule has 11 nitrogen and oxygen atoms in total. The highest BCUT2D eigenvalue weighted by molar-refractivity contribution is 5.87. The second-order valence-corrected chi connectivity index (χ2v) is 7.47. The third-order valence-electron chi connectivity index (χ3n) is 5.12. The number of esters is 2. The fourth-order valence-electron chi connectivity index (χ4n) is 3.53. The lowest BCUT2D eigenvalue weighted by molar-refractivity contribution is -0.162. The SMILES string of the molecule is CCOC(=O)[C@@H](O)[C@H](NCc1cn(COCc2ccccc2)c2c(OC)ncnc12)C(=O)OCC. The molecule has 35 heavy (non-hydrogen) atoms. The number of nitrogens with zero attached hydrogens (tertiary/aromatic N) is 3. The molecule has 0 spiro atoms. The summed E-state index contributed by atoms with van der Waals surface area (Å²) in [5, 5.41) is 13.3. The lowest BCUT2D eigenvalue weighted by atomic mass is 10.1. The van der Waals surface area contributed by atoms with Gasteiger partial charge < -0.3 is 28.6 Å². The quantitative estimate of drug-likeness (QED) is 0.343. The molecule has 0 amide bonds. The summed E-state index contributed by atoms with van der Waals surface area (Å²) in [6.45, 7) is 4.09. The van der Waals surface area contributed by atoms with Crippen molar-refractivity contribution in [2.75, 3.05) is 20.3 Å². The van der Waals surface area contributed by atoms with Crippen LogP contribution in [-0.2, 0) is 43.7 Å². The van der Waals surface area contributed by atoms with Gasteiger partial charge in [0.15, 0.2) is 6.10 Å². The molecule has 0 fully saturated rings. The molecule has 0 radical (unpaired) electrons. The largest absolute Gasteiger partial charge is 0.479 e. The van der Waals surface area contributed by atoms with Crippen LogP contribution in [-0.4, -0.2) is 64.0 Å². The Morgan fingerprint density at radius 2 is 1.80 bits per heavy atom. The van der Waals surface area contributed by atoms with Crippen molar-refractivity contribution < 1.29 is 33.6 Å². The first-order chi connectivity index (χ1) is 17.0. The Labute approximate surface area is 203 Å². The van der Waals surface area contributed by atoms with E-state index in [1.807, 2.05) is 30.3 Å². The van der Waals surface area contributed by atoms with Gasteiger partial charge in [0.1, 0.15) is 30.1 Å². The first-order valence-electron chi connectivity index (χ1n) is 11.2. The van der Waals surface area contributed by atoms with Crippen molar-refractivity contribution in [3.63, 3.8) is 0 Å². The number of methoxy groups -OCH3 is 1. The summed E-state index contributed by atoms with van der Waals surface area (Å²) < 4.78 is 23.0. The van der Waals surface area contributed by atoms with Crippen LogP contribution < -0.4 is 10.1 Å². The Hall–Kier alpha value is -3.54. The zero-order valence-corrected chi connectivity index (χ0v) is 20.0. The molecule has 0 aliphatic carbocycles. The minimum absolute atomic E-state index is 0.0681. The fraction of sp³-hybridized carbons (Fsp3) is 0.417. The van der Waals surface area contributed by atoms with Gasteiger partial charge in [-0.2, -0.15) is 4.98 Å². The number of aliphatic hydroxyl groups is 1. The summed E-state index contributed by atoms with van der Waals surface area (Å²) in [6, 6.07) is 8.43. The number of hydrogen-bond donors (Lipinski definition) is 2. The first kappa shape index (κ1) is 26.1. The summed E-state index contributed by atoms with van der Waals surface area (Å²) in [5.41, 5.74) is 2.88. The van der Waals surface area contributed by atoms with Gasteiger partial charge in [-0.25, -0.2) is 9.78 Å². The molecule has 0 saturated carbocycles. The molecule has 11 heteroatoms. The van der Waals surface area contributed by atoms with Crippen molar-refractivity contribution in [2.45, 2.75) is 45.9 Å². The van der Waals surface area contributed by atoms with E-state index in [0.717, 1.165) is 5.56 Å². The van der Waals surface area contributed by atoms with Crippen LogP contribution in [0.3, 0.4) is 0 Å². The van der Waals surface area contributed by atoms with E-state index in [4.69, 9.17) is 18.9 Å². The number of aliphatic hydroxyl groups excluding tert-OH is 1. The number of carbonyl (C=O) groups is 2. The highest BCUT2D eigenvalue weighted by Crippen LogP contribution is 2.26. The van der Waals surface area contributed by atoms with Gasteiger partial charge >= 0.3 is 11.9 Å². The van der Waals surface area contributed by atoms with E-state index in [-0.39, 0.29) is 26.5 Å². The number of fused-ring (bicyclic) bond motifs is 1. The minimum Gasteiger partial charge on any atom is -0.479 e. The van der Waals surface area contributed by atoms with E-state index in [2.05, 4.69) is 15.3 Å². The van der Waals surface area contributed by atoms with Crippen LogP contribution in [0.2, 0.25) is 0 Å². The summed E-state index contributed by atoms with van der Waals surface area (Å²) in [5.74, 6) is -1.33. The normalized spacial score (nSPS) is 12.8. The molecule has 0 unspecified atom stereocenters. The summed E-state index contributed by atoms with van der Waals surface area (Å²) in [7, 11) is 1.51. The molecule has 188 valence electrons. The van der Waals surface area contributed by atoms with E-state index in [0.29, 0.717) is 29.1 Å². The van der Waals surface area contributed by atoms with Crippen LogP contribution in [0.15, 0.2) is 42.9 Å². The number of nitrogens with one attached hydrogen (secondary N) is 1. The molecule has 3 rings (SSSR count). The molecule has 0 saturated heterocycles. The Morgan fingerprint density at radius 3 is 2.49 bits per heavy atom. The van der Waals surface area contributed by atoms with Crippen LogP contribution >= 0.6 is 0 Å². The van der Waals surface area contributed by atoms with E-state index in [1.54, 1.807) is 24.6 Å². The molecule has 2 N–H and O–H groups in total. The number of benzene rings is 1. The molecule has 0 aliphatic heterocycles. The lowest BCUT2D eigenvalue weighted by Crippen LogP contribution is -2.50. The molecule has 0 aliphatic rings. The van der Waals surface area contributed by atoms with E-state index in [9.17, 15) is 14.7 Å². The Balaban J connectivity index is 1.82. The van der Waals surface area contributed by atoms with Crippen molar-refractivity contribution in [3.05, 3.63) is 54.0 Å². The van der Waals surface area contributed by atoms with Crippen LogP contribution in [0.1, 0.15) is 25.0 Å². The van der Waals surface area contributed by atoms with Crippen LogP contribution in [0, 0.1) is 0 Å². The minimum atomic E-state index is -1.74. The average Bonchev–Trinajstić information content (AvgIpc) is 3.22. The standard InChI is InChI=1S/C24H30N4O7/c1-4-34-23(30)19(21(29)24(31)35-5-2)25-11-17-12-28(15-33-13-16-9-7-6-8-10-16)20-18(17)26-14-27-22(20)32-3/h6-10,12,14,19,21,25,29H,4-5,11,13,15H2,1-3H3/t19-,21-/m0/s1. The Morgan fingerprint density at radius 1 is 1.09 bits per heavy atom. The number of rotatable bonds is 13. The molecule has 0 bridgehead atoms. The number of aromatic nitrogens is 3. The van der Waals surface area contributed by atoms with Gasteiger partial charge in [0.05, 0.1) is 26.9 Å².